The molecular formula is C43H54N5O6-. The van der Waals surface area contributed by atoms with Crippen LogP contribution >= 0.6 is 0 Å². The average Bonchev–Trinajstić information content (AvgIpc) is 3.68. The van der Waals surface area contributed by atoms with Crippen LogP contribution in [-0.2, 0) is 27.2 Å². The molecule has 3 aromatic rings. The van der Waals surface area contributed by atoms with Gasteiger partial charge < -0.3 is 46.3 Å². The Hall–Kier alpha value is -4.74. The Balaban J connectivity index is 1.35. The Morgan fingerprint density at radius 2 is 1.89 bits per heavy atom. The van der Waals surface area contributed by atoms with Gasteiger partial charge in [0.25, 0.3) is 0 Å². The lowest BCUT2D eigenvalue weighted by Crippen LogP contribution is -2.49. The van der Waals surface area contributed by atoms with Crippen molar-refractivity contribution < 1.29 is 29.7 Å². The molecule has 6 rings (SSSR count). The summed E-state index contributed by atoms with van der Waals surface area (Å²) in [6.45, 7) is -0.0609. The number of rotatable bonds is 20. The number of hydrogen-bond acceptors (Lipinski definition) is 8. The molecule has 0 saturated carbocycles. The van der Waals surface area contributed by atoms with Crippen molar-refractivity contribution in [1.82, 2.24) is 10.3 Å². The number of aldehydes is 2. The van der Waals surface area contributed by atoms with Crippen LogP contribution in [0.5, 0.6) is 0 Å². The second-order valence-electron chi connectivity index (χ2n) is 15.3. The van der Waals surface area contributed by atoms with E-state index in [-0.39, 0.29) is 54.8 Å². The highest BCUT2D eigenvalue weighted by Gasteiger charge is 2.43. The molecule has 0 fully saturated rings. The summed E-state index contributed by atoms with van der Waals surface area (Å²) in [6.07, 6.45) is 18.1. The minimum atomic E-state index is -1.08. The van der Waals surface area contributed by atoms with Gasteiger partial charge in [-0.15, -0.1) is 0 Å². The normalized spacial score (nSPS) is 24.6. The minimum Gasteiger partial charge on any atom is -0.478 e. The number of carbonyl (C=O) groups is 3. The number of benzene rings is 2. The van der Waals surface area contributed by atoms with E-state index < -0.39 is 18.1 Å². The van der Waals surface area contributed by atoms with Gasteiger partial charge in [-0.25, -0.2) is 9.79 Å². The first-order chi connectivity index (χ1) is 26.3. The lowest BCUT2D eigenvalue weighted by Gasteiger charge is -2.48. The van der Waals surface area contributed by atoms with Gasteiger partial charge >= 0.3 is 5.97 Å². The molecule has 7 N–H and O–H groups in total. The van der Waals surface area contributed by atoms with Crippen LogP contribution in [-0.4, -0.2) is 76.1 Å². The third-order valence-corrected chi connectivity index (χ3v) is 11.7. The summed E-state index contributed by atoms with van der Waals surface area (Å²) in [4.78, 5) is 43.3. The van der Waals surface area contributed by atoms with Crippen molar-refractivity contribution in [3.63, 3.8) is 0 Å². The molecule has 11 nitrogen and oxygen atoms in total. The second-order valence-corrected chi connectivity index (χ2v) is 15.3. The number of aromatic amines is 1. The number of aliphatic hydroxyl groups is 2. The predicted molar refractivity (Wildman–Crippen MR) is 211 cm³/mol. The molecule has 8 atom stereocenters. The number of H-pyrrole nitrogens is 1. The molecular weight excluding hydrogens is 683 g/mol. The van der Waals surface area contributed by atoms with E-state index in [2.05, 4.69) is 51.7 Å². The van der Waals surface area contributed by atoms with Gasteiger partial charge in [0.2, 0.25) is 0 Å². The molecule has 0 spiro atoms. The minimum absolute atomic E-state index is 0.0137. The Morgan fingerprint density at radius 1 is 1.04 bits per heavy atom. The van der Waals surface area contributed by atoms with E-state index in [4.69, 9.17) is 11.1 Å². The molecule has 0 saturated heterocycles. The molecule has 8 unspecified atom stereocenters. The zero-order valence-electron chi connectivity index (χ0n) is 30.9. The van der Waals surface area contributed by atoms with Crippen molar-refractivity contribution in [3.05, 3.63) is 94.5 Å². The first kappa shape index (κ1) is 39.0. The molecule has 2 bridgehead atoms. The molecule has 0 radical (unpaired) electrons. The third-order valence-electron chi connectivity index (χ3n) is 11.7. The van der Waals surface area contributed by atoms with Crippen molar-refractivity contribution in [2.75, 3.05) is 13.2 Å². The van der Waals surface area contributed by atoms with Crippen molar-refractivity contribution in [2.24, 2.45) is 34.4 Å². The van der Waals surface area contributed by atoms with Crippen LogP contribution in [0.25, 0.3) is 16.1 Å². The van der Waals surface area contributed by atoms with E-state index in [9.17, 15) is 29.7 Å². The number of carbonyl (C=O) groups excluding carboxylic acids is 2. The number of nitrogens with zero attached hydrogens (tertiary/aromatic N) is 2. The number of allylic oxidation sites excluding steroid dienone is 2. The molecule has 2 aromatic carbocycles. The molecule has 2 aliphatic carbocycles. The molecule has 0 amide bonds. The molecule has 2 heterocycles. The fraction of sp³-hybridized carbons (Fsp3) is 0.488. The largest absolute Gasteiger partial charge is 0.478 e. The summed E-state index contributed by atoms with van der Waals surface area (Å²) >= 11 is 0. The maximum absolute atomic E-state index is 12.4. The van der Waals surface area contributed by atoms with Crippen LogP contribution in [0.15, 0.2) is 77.5 Å². The van der Waals surface area contributed by atoms with Crippen molar-refractivity contribution >= 4 is 41.1 Å². The first-order valence-electron chi connectivity index (χ1n) is 19.5. The Bertz CT molecular complexity index is 1840. The number of guanidine groups is 1. The summed E-state index contributed by atoms with van der Waals surface area (Å²) in [6, 6.07) is 13.2. The second kappa shape index (κ2) is 18.5. The quantitative estimate of drug-likeness (QED) is 0.0351. The number of nitrogens with one attached hydrogen (secondary N) is 2. The number of carboxylic acid groups (broad SMARTS) is 1. The summed E-state index contributed by atoms with van der Waals surface area (Å²) in [5.74, 6) is 0.456. The molecule has 54 heavy (non-hydrogen) atoms. The highest BCUT2D eigenvalue weighted by atomic mass is 16.4. The van der Waals surface area contributed by atoms with E-state index in [1.54, 1.807) is 6.20 Å². The SMILES string of the molecule is NC1=NC(C(=CC(=O)O)C(CC2C3C=CC(CCCCCC(C=O)CCCO)C2c2cc4cc(CC=O)ccc4cc2C3)[N-]c2ccc[nH]2)CC(CO)N1. The zero-order valence-corrected chi connectivity index (χ0v) is 30.9. The summed E-state index contributed by atoms with van der Waals surface area (Å²) < 4.78 is 0. The van der Waals surface area contributed by atoms with Crippen LogP contribution in [0.4, 0.5) is 5.82 Å². The van der Waals surface area contributed by atoms with Crippen molar-refractivity contribution in [1.29, 1.82) is 0 Å². The van der Waals surface area contributed by atoms with Crippen LogP contribution in [0.1, 0.15) is 80.4 Å². The van der Waals surface area contributed by atoms with Crippen LogP contribution < -0.4 is 11.1 Å². The molecule has 3 aliphatic rings. The topological polar surface area (TPSA) is 192 Å². The zero-order chi connectivity index (χ0) is 38.0. The summed E-state index contributed by atoms with van der Waals surface area (Å²) in [5, 5.41) is 39.9. The van der Waals surface area contributed by atoms with E-state index in [0.29, 0.717) is 37.1 Å². The maximum Gasteiger partial charge on any atom is 0.328 e. The van der Waals surface area contributed by atoms with Gasteiger partial charge in [0.05, 0.1) is 18.7 Å². The van der Waals surface area contributed by atoms with Crippen LogP contribution in [0, 0.1) is 23.7 Å². The lowest BCUT2D eigenvalue weighted by molar-refractivity contribution is -0.131. The van der Waals surface area contributed by atoms with E-state index in [0.717, 1.165) is 73.9 Å². The maximum atomic E-state index is 12.4. The monoisotopic (exact) mass is 736 g/mol. The smallest absolute Gasteiger partial charge is 0.328 e. The standard InChI is InChI=1S/C43H54N5O6/c44-43-46-34(26-52)22-38(48-43)37(24-41(53)54)39(47-40-9-4-15-45-40)23-36-31-13-12-29(8-3-1-2-6-28(25-51)7-5-16-49)42(36)35-21-32-18-27(14-17-50)10-11-30(32)19-33(35)20-31/h4,9-13,15,17-19,21,24-25,28-29,31,34,36,38-39,42,45,49,52H,1-3,5-8,14,16,20,22-23,26H2,(H,53,54)(H3,44,46,48)/q-1. The number of hydrogen-bond donors (Lipinski definition) is 6. The van der Waals surface area contributed by atoms with E-state index in [1.165, 1.54) is 17.2 Å². The Kier molecular flexibility index (Phi) is 13.4. The van der Waals surface area contributed by atoms with Gasteiger partial charge in [-0.3, -0.25) is 0 Å². The highest BCUT2D eigenvalue weighted by Crippen LogP contribution is 2.53. The fourth-order valence-electron chi connectivity index (χ4n) is 9.16. The number of fused-ring (bicyclic) bond motifs is 5. The third kappa shape index (κ3) is 9.49. The van der Waals surface area contributed by atoms with E-state index >= 15 is 0 Å². The number of aliphatic hydroxyl groups excluding tert-OH is 2. The van der Waals surface area contributed by atoms with Crippen LogP contribution in [0.2, 0.25) is 0 Å². The number of unbranched alkanes of at least 4 members (excludes halogenated alkanes) is 2. The van der Waals surface area contributed by atoms with Gasteiger partial charge in [-0.1, -0.05) is 85.9 Å². The molecule has 1 aromatic heterocycles. The number of nitrogens with two attached hydrogens (primary N) is 1. The molecule has 1 aliphatic heterocycles. The molecule has 288 valence electrons. The highest BCUT2D eigenvalue weighted by molar-refractivity contribution is 5.86. The van der Waals surface area contributed by atoms with Gasteiger partial charge in [0.15, 0.2) is 5.96 Å². The van der Waals surface area contributed by atoms with Crippen molar-refractivity contribution in [3.8, 4) is 0 Å². The molecule has 11 heteroatoms. The predicted octanol–water partition coefficient (Wildman–Crippen LogP) is 6.02. The summed E-state index contributed by atoms with van der Waals surface area (Å²) in [7, 11) is 0. The number of carboxylic acids is 1. The fourth-order valence-corrected chi connectivity index (χ4v) is 9.16. The number of aliphatic imine (C=N–C) groups is 1. The van der Waals surface area contributed by atoms with Gasteiger partial charge in [-0.2, -0.15) is 0 Å². The van der Waals surface area contributed by atoms with Gasteiger partial charge in [0, 0.05) is 25.0 Å². The van der Waals surface area contributed by atoms with Gasteiger partial charge in [0.1, 0.15) is 12.6 Å². The summed E-state index contributed by atoms with van der Waals surface area (Å²) in [5.41, 5.74) is 10.3. The Labute approximate surface area is 317 Å². The van der Waals surface area contributed by atoms with E-state index in [1.807, 2.05) is 18.2 Å². The average molecular weight is 737 g/mol. The van der Waals surface area contributed by atoms with Gasteiger partial charge in [-0.05, 0) is 108 Å². The van der Waals surface area contributed by atoms with Crippen LogP contribution in [0.3, 0.4) is 0 Å². The first-order valence-corrected chi connectivity index (χ1v) is 19.5. The lowest BCUT2D eigenvalue weighted by atomic mass is 9.58. The Morgan fingerprint density at radius 3 is 2.63 bits per heavy atom. The number of aromatic nitrogens is 1. The van der Waals surface area contributed by atoms with Crippen molar-refractivity contribution in [2.45, 2.75) is 94.7 Å². The number of aliphatic carboxylic acids is 1.